The molecule has 3 heterocycles. The fourth-order valence-electron chi connectivity index (χ4n) is 3.91. The third-order valence-electron chi connectivity index (χ3n) is 5.32. The molecular formula is C19H25N5O3. The van der Waals surface area contributed by atoms with Gasteiger partial charge in [-0.3, -0.25) is 19.6 Å². The summed E-state index contributed by atoms with van der Waals surface area (Å²) < 4.78 is 5.63. The molecule has 2 aromatic rings. The zero-order valence-corrected chi connectivity index (χ0v) is 15.5. The van der Waals surface area contributed by atoms with Crippen LogP contribution in [-0.4, -0.2) is 46.0 Å². The molecule has 1 fully saturated rings. The van der Waals surface area contributed by atoms with E-state index >= 15 is 0 Å². The van der Waals surface area contributed by atoms with Crippen molar-refractivity contribution in [2.24, 2.45) is 0 Å². The minimum absolute atomic E-state index is 0.111. The molecule has 1 aliphatic heterocycles. The number of amides is 2. The van der Waals surface area contributed by atoms with Gasteiger partial charge in [-0.25, -0.2) is 0 Å². The zero-order valence-electron chi connectivity index (χ0n) is 15.5. The van der Waals surface area contributed by atoms with Crippen molar-refractivity contribution < 1.29 is 14.0 Å². The van der Waals surface area contributed by atoms with Gasteiger partial charge >= 0.3 is 0 Å². The Hall–Kier alpha value is -2.61. The van der Waals surface area contributed by atoms with Gasteiger partial charge in [-0.2, -0.15) is 5.10 Å². The van der Waals surface area contributed by atoms with E-state index in [1.807, 2.05) is 24.0 Å². The van der Waals surface area contributed by atoms with E-state index in [0.29, 0.717) is 26.2 Å². The van der Waals surface area contributed by atoms with Crippen molar-refractivity contribution in [1.29, 1.82) is 0 Å². The number of H-pyrrole nitrogens is 1. The van der Waals surface area contributed by atoms with Crippen molar-refractivity contribution in [3.63, 3.8) is 0 Å². The molecule has 0 radical (unpaired) electrons. The summed E-state index contributed by atoms with van der Waals surface area (Å²) in [5.41, 5.74) is 3.33. The smallest absolute Gasteiger partial charge is 0.237 e. The summed E-state index contributed by atoms with van der Waals surface area (Å²) in [5.74, 6) is 1.39. The lowest BCUT2D eigenvalue weighted by Crippen LogP contribution is -2.56. The van der Waals surface area contributed by atoms with E-state index in [1.165, 1.54) is 11.3 Å². The number of aromatic amines is 1. The average Bonchev–Trinajstić information content (AvgIpc) is 3.34. The third kappa shape index (κ3) is 3.90. The van der Waals surface area contributed by atoms with Crippen LogP contribution in [0.15, 0.2) is 16.5 Å². The van der Waals surface area contributed by atoms with Crippen LogP contribution in [0.4, 0.5) is 0 Å². The molecule has 1 aliphatic carbocycles. The third-order valence-corrected chi connectivity index (χ3v) is 5.32. The van der Waals surface area contributed by atoms with E-state index in [1.54, 1.807) is 0 Å². The van der Waals surface area contributed by atoms with E-state index < -0.39 is 6.04 Å². The van der Waals surface area contributed by atoms with E-state index in [9.17, 15) is 9.59 Å². The minimum Gasteiger partial charge on any atom is -0.465 e. The highest BCUT2D eigenvalue weighted by molar-refractivity contribution is 5.88. The molecule has 8 heteroatoms. The molecule has 144 valence electrons. The summed E-state index contributed by atoms with van der Waals surface area (Å²) in [6.07, 6.45) is 3.30. The lowest BCUT2D eigenvalue weighted by molar-refractivity contribution is -0.134. The first-order valence-electron chi connectivity index (χ1n) is 9.49. The second-order valence-electron chi connectivity index (χ2n) is 7.25. The van der Waals surface area contributed by atoms with Gasteiger partial charge in [0.1, 0.15) is 11.5 Å². The van der Waals surface area contributed by atoms with Crippen molar-refractivity contribution in [2.45, 2.75) is 51.7 Å². The second kappa shape index (κ2) is 7.56. The quantitative estimate of drug-likeness (QED) is 0.697. The minimum atomic E-state index is -0.492. The highest BCUT2D eigenvalue weighted by Gasteiger charge is 2.32. The van der Waals surface area contributed by atoms with Crippen LogP contribution in [0.3, 0.4) is 0 Å². The van der Waals surface area contributed by atoms with Crippen LogP contribution in [0.2, 0.25) is 0 Å². The van der Waals surface area contributed by atoms with Crippen LogP contribution in [0.5, 0.6) is 0 Å². The number of nitrogens with one attached hydrogen (secondary N) is 3. The van der Waals surface area contributed by atoms with Crippen molar-refractivity contribution in [2.75, 3.05) is 13.1 Å². The highest BCUT2D eigenvalue weighted by atomic mass is 16.3. The Labute approximate surface area is 157 Å². The Morgan fingerprint density at radius 2 is 2.30 bits per heavy atom. The molecule has 0 spiro atoms. The first-order valence-corrected chi connectivity index (χ1v) is 9.49. The topological polar surface area (TPSA) is 103 Å². The Balaban J connectivity index is 1.36. The Kier molecular flexibility index (Phi) is 4.98. The van der Waals surface area contributed by atoms with Gasteiger partial charge in [-0.05, 0) is 43.9 Å². The molecule has 1 atom stereocenters. The van der Waals surface area contributed by atoms with Crippen LogP contribution in [0, 0.1) is 6.92 Å². The van der Waals surface area contributed by atoms with Crippen LogP contribution >= 0.6 is 0 Å². The number of furan rings is 1. The number of hydrogen-bond donors (Lipinski definition) is 3. The SMILES string of the molecule is Cc1ccc(CN2CCNC(=O)C2CC(=O)NCc2n[nH]c3c2CCC3)o1. The fourth-order valence-corrected chi connectivity index (χ4v) is 3.91. The van der Waals surface area contributed by atoms with E-state index in [4.69, 9.17) is 4.42 Å². The van der Waals surface area contributed by atoms with E-state index in [0.717, 1.165) is 36.5 Å². The fraction of sp³-hybridized carbons (Fsp3) is 0.526. The predicted octanol–water partition coefficient (Wildman–Crippen LogP) is 0.807. The number of fused-ring (bicyclic) bond motifs is 1. The number of hydrogen-bond acceptors (Lipinski definition) is 5. The molecular weight excluding hydrogens is 346 g/mol. The standard InChI is InChI=1S/C19H25N5O3/c1-12-5-6-13(27-12)11-24-8-7-20-19(26)17(24)9-18(25)21-10-16-14-3-2-4-15(14)22-23-16/h5-6,17H,2-4,7-11H2,1H3,(H,20,26)(H,21,25)(H,22,23). The molecule has 0 aromatic carbocycles. The number of rotatable bonds is 6. The number of nitrogens with zero attached hydrogens (tertiary/aromatic N) is 2. The van der Waals surface area contributed by atoms with Gasteiger partial charge in [0.2, 0.25) is 11.8 Å². The molecule has 1 unspecified atom stereocenters. The summed E-state index contributed by atoms with van der Waals surface area (Å²) in [7, 11) is 0. The normalized spacial score (nSPS) is 19.7. The molecule has 0 saturated carbocycles. The molecule has 2 aliphatic rings. The highest BCUT2D eigenvalue weighted by Crippen LogP contribution is 2.22. The van der Waals surface area contributed by atoms with Gasteiger partial charge in [-0.15, -0.1) is 0 Å². The van der Waals surface area contributed by atoms with Crippen molar-refractivity contribution in [3.05, 3.63) is 40.6 Å². The lowest BCUT2D eigenvalue weighted by Gasteiger charge is -2.34. The number of carbonyl (C=O) groups excluding carboxylic acids is 2. The molecule has 8 nitrogen and oxygen atoms in total. The van der Waals surface area contributed by atoms with Crippen LogP contribution in [-0.2, 0) is 35.5 Å². The predicted molar refractivity (Wildman–Crippen MR) is 97.7 cm³/mol. The summed E-state index contributed by atoms with van der Waals surface area (Å²) in [5, 5.41) is 13.1. The number of aromatic nitrogens is 2. The van der Waals surface area contributed by atoms with Crippen LogP contribution < -0.4 is 10.6 Å². The molecule has 1 saturated heterocycles. The molecule has 2 amide bonds. The van der Waals surface area contributed by atoms with Gasteiger partial charge in [0, 0.05) is 18.8 Å². The number of piperazine rings is 1. The van der Waals surface area contributed by atoms with E-state index in [2.05, 4.69) is 20.8 Å². The molecule has 4 rings (SSSR count). The first kappa shape index (κ1) is 17.8. The maximum atomic E-state index is 12.5. The Morgan fingerprint density at radius 3 is 3.11 bits per heavy atom. The van der Waals surface area contributed by atoms with Crippen LogP contribution in [0.25, 0.3) is 0 Å². The molecule has 3 N–H and O–H groups in total. The summed E-state index contributed by atoms with van der Waals surface area (Å²) in [4.78, 5) is 26.8. The Bertz CT molecular complexity index is 840. The van der Waals surface area contributed by atoms with Crippen molar-refractivity contribution in [3.8, 4) is 0 Å². The molecule has 27 heavy (non-hydrogen) atoms. The van der Waals surface area contributed by atoms with E-state index in [-0.39, 0.29) is 18.2 Å². The maximum Gasteiger partial charge on any atom is 0.237 e. The Morgan fingerprint density at radius 1 is 1.41 bits per heavy atom. The molecule has 0 bridgehead atoms. The first-order chi connectivity index (χ1) is 13.1. The second-order valence-corrected chi connectivity index (χ2v) is 7.25. The van der Waals surface area contributed by atoms with Crippen LogP contribution in [0.1, 0.15) is 41.3 Å². The monoisotopic (exact) mass is 371 g/mol. The number of aryl methyl sites for hydroxylation is 2. The summed E-state index contributed by atoms with van der Waals surface area (Å²) >= 11 is 0. The zero-order chi connectivity index (χ0) is 18.8. The van der Waals surface area contributed by atoms with Crippen molar-refractivity contribution >= 4 is 11.8 Å². The lowest BCUT2D eigenvalue weighted by atomic mass is 10.1. The number of carbonyl (C=O) groups is 2. The maximum absolute atomic E-state index is 12.5. The van der Waals surface area contributed by atoms with Gasteiger partial charge < -0.3 is 15.1 Å². The van der Waals surface area contributed by atoms with Gasteiger partial charge in [0.05, 0.1) is 31.2 Å². The largest absolute Gasteiger partial charge is 0.465 e. The van der Waals surface area contributed by atoms with Gasteiger partial charge in [0.25, 0.3) is 0 Å². The molecule has 2 aromatic heterocycles. The van der Waals surface area contributed by atoms with Gasteiger partial charge in [0.15, 0.2) is 0 Å². The van der Waals surface area contributed by atoms with Crippen molar-refractivity contribution in [1.82, 2.24) is 25.7 Å². The summed E-state index contributed by atoms with van der Waals surface area (Å²) in [6.45, 7) is 4.08. The average molecular weight is 371 g/mol. The van der Waals surface area contributed by atoms with Gasteiger partial charge in [-0.1, -0.05) is 0 Å². The summed E-state index contributed by atoms with van der Waals surface area (Å²) in [6, 6.07) is 3.33.